The minimum Gasteiger partial charge on any atom is -0.417 e. The molecule has 0 N–H and O–H groups in total. The molecule has 0 amide bonds. The van der Waals surface area contributed by atoms with E-state index in [9.17, 15) is 0 Å². The molecule has 0 saturated carbocycles. The maximum absolute atomic E-state index is 6.52. The molecule has 4 nitrogen and oxygen atoms in total. The van der Waals surface area contributed by atoms with Gasteiger partial charge in [0.15, 0.2) is 0 Å². The summed E-state index contributed by atoms with van der Waals surface area (Å²) in [4.78, 5) is 7.78. The molecule has 0 spiro atoms. The minimum atomic E-state index is -0.0661. The van der Waals surface area contributed by atoms with Gasteiger partial charge in [-0.25, -0.2) is 0 Å². The van der Waals surface area contributed by atoms with Crippen molar-refractivity contribution in [3.05, 3.63) is 71.9 Å². The number of fused-ring (bicyclic) bond motifs is 1. The molecule has 0 unspecified atom stereocenters. The number of nitrogens with zero attached hydrogens (tertiary/aromatic N) is 2. The zero-order chi connectivity index (χ0) is 17.9. The highest BCUT2D eigenvalue weighted by molar-refractivity contribution is 5.84. The molecule has 4 heteroatoms. The highest BCUT2D eigenvalue weighted by atomic mass is 16.6. The number of rotatable bonds is 4. The van der Waals surface area contributed by atoms with E-state index in [1.807, 2.05) is 36.5 Å². The lowest BCUT2D eigenvalue weighted by Gasteiger charge is -2.37. The summed E-state index contributed by atoms with van der Waals surface area (Å²) in [6, 6.07) is 18.6. The fourth-order valence-corrected chi connectivity index (χ4v) is 3.69. The van der Waals surface area contributed by atoms with Gasteiger partial charge in [-0.1, -0.05) is 54.5 Å². The summed E-state index contributed by atoms with van der Waals surface area (Å²) in [5.41, 5.74) is 3.35. The van der Waals surface area contributed by atoms with Crippen molar-refractivity contribution in [3.63, 3.8) is 0 Å². The quantitative estimate of drug-likeness (QED) is 0.677. The topological polar surface area (TPSA) is 26.6 Å². The van der Waals surface area contributed by atoms with Gasteiger partial charge < -0.3 is 9.57 Å². The smallest absolute Gasteiger partial charge is 0.104 e. The van der Waals surface area contributed by atoms with E-state index in [-0.39, 0.29) is 12.2 Å². The van der Waals surface area contributed by atoms with Gasteiger partial charge in [0, 0.05) is 24.0 Å². The van der Waals surface area contributed by atoms with E-state index in [2.05, 4.69) is 35.1 Å². The SMILES string of the molecule is C#CCN1C[C@@H](c2ccccc2)O[C@@H](c2cn(OC)c3ccccc23)C1. The molecule has 1 fully saturated rings. The maximum Gasteiger partial charge on any atom is 0.104 e. The summed E-state index contributed by atoms with van der Waals surface area (Å²) in [5, 5.41) is 1.15. The number of hydrogen-bond acceptors (Lipinski definition) is 3. The van der Waals surface area contributed by atoms with Crippen LogP contribution in [0.25, 0.3) is 10.9 Å². The Balaban J connectivity index is 1.72. The summed E-state index contributed by atoms with van der Waals surface area (Å²) in [7, 11) is 1.68. The van der Waals surface area contributed by atoms with Crippen LogP contribution >= 0.6 is 0 Å². The molecule has 26 heavy (non-hydrogen) atoms. The molecule has 4 rings (SSSR count). The Morgan fingerprint density at radius 2 is 1.81 bits per heavy atom. The summed E-state index contributed by atoms with van der Waals surface area (Å²) in [6.07, 6.45) is 7.54. The highest BCUT2D eigenvalue weighted by Crippen LogP contribution is 2.36. The second kappa shape index (κ2) is 7.25. The zero-order valence-electron chi connectivity index (χ0n) is 14.8. The predicted molar refractivity (Wildman–Crippen MR) is 103 cm³/mol. The van der Waals surface area contributed by atoms with Crippen LogP contribution in [0.4, 0.5) is 0 Å². The molecule has 132 valence electrons. The van der Waals surface area contributed by atoms with E-state index in [0.29, 0.717) is 6.54 Å². The standard InChI is InChI=1S/C22H22N2O2/c1-3-13-23-15-21(17-9-5-4-6-10-17)26-22(16-23)19-14-24(25-2)20-12-8-7-11-18(19)20/h1,4-12,14,21-22H,13,15-16H2,2H3/t21-,22+/m0/s1. The Bertz CT molecular complexity index is 926. The lowest BCUT2D eigenvalue weighted by Crippen LogP contribution is -2.40. The summed E-state index contributed by atoms with van der Waals surface area (Å²) < 4.78 is 8.32. The minimum absolute atomic E-state index is 0.00652. The number of ether oxygens (including phenoxy) is 1. The fraction of sp³-hybridized carbons (Fsp3) is 0.273. The van der Waals surface area contributed by atoms with E-state index in [0.717, 1.165) is 29.6 Å². The fourth-order valence-electron chi connectivity index (χ4n) is 3.69. The van der Waals surface area contributed by atoms with Crippen LogP contribution in [0.1, 0.15) is 23.3 Å². The zero-order valence-corrected chi connectivity index (χ0v) is 14.8. The molecule has 2 heterocycles. The molecule has 3 aromatic rings. The third-order valence-electron chi connectivity index (χ3n) is 4.92. The second-order valence-corrected chi connectivity index (χ2v) is 6.53. The van der Waals surface area contributed by atoms with Crippen LogP contribution in [-0.4, -0.2) is 36.4 Å². The van der Waals surface area contributed by atoms with Crippen LogP contribution in [0.5, 0.6) is 0 Å². The molecule has 0 radical (unpaired) electrons. The predicted octanol–water partition coefficient (Wildman–Crippen LogP) is 3.45. The van der Waals surface area contributed by atoms with Crippen molar-refractivity contribution in [1.82, 2.24) is 9.63 Å². The van der Waals surface area contributed by atoms with Gasteiger partial charge in [0.25, 0.3) is 0 Å². The van der Waals surface area contributed by atoms with Gasteiger partial charge >= 0.3 is 0 Å². The second-order valence-electron chi connectivity index (χ2n) is 6.53. The number of morpholine rings is 1. The van der Waals surface area contributed by atoms with Crippen molar-refractivity contribution in [3.8, 4) is 12.3 Å². The van der Waals surface area contributed by atoms with E-state index in [1.165, 1.54) is 5.56 Å². The van der Waals surface area contributed by atoms with E-state index < -0.39 is 0 Å². The Morgan fingerprint density at radius 3 is 2.58 bits per heavy atom. The first-order chi connectivity index (χ1) is 12.8. The van der Waals surface area contributed by atoms with Gasteiger partial charge in [-0.3, -0.25) is 4.90 Å². The van der Waals surface area contributed by atoms with Crippen LogP contribution in [-0.2, 0) is 4.74 Å². The van der Waals surface area contributed by atoms with Crippen molar-refractivity contribution >= 4 is 10.9 Å². The molecule has 1 aliphatic rings. The highest BCUT2D eigenvalue weighted by Gasteiger charge is 2.31. The first-order valence-electron chi connectivity index (χ1n) is 8.81. The van der Waals surface area contributed by atoms with Crippen molar-refractivity contribution in [2.75, 3.05) is 26.7 Å². The molecule has 1 aliphatic heterocycles. The molecule has 0 aliphatic carbocycles. The third kappa shape index (κ3) is 3.08. The van der Waals surface area contributed by atoms with Gasteiger partial charge in [0.1, 0.15) is 7.11 Å². The Kier molecular flexibility index (Phi) is 4.66. The van der Waals surface area contributed by atoms with Crippen LogP contribution in [0.3, 0.4) is 0 Å². The summed E-state index contributed by atoms with van der Waals surface area (Å²) >= 11 is 0. The van der Waals surface area contributed by atoms with Crippen LogP contribution in [0.2, 0.25) is 0 Å². The van der Waals surface area contributed by atoms with Crippen molar-refractivity contribution in [2.24, 2.45) is 0 Å². The Hall–Kier alpha value is -2.74. The average Bonchev–Trinajstić information content (AvgIpc) is 3.08. The van der Waals surface area contributed by atoms with Crippen LogP contribution in [0.15, 0.2) is 60.8 Å². The van der Waals surface area contributed by atoms with E-state index in [1.54, 1.807) is 11.8 Å². The number of benzene rings is 2. The van der Waals surface area contributed by atoms with Crippen molar-refractivity contribution in [2.45, 2.75) is 12.2 Å². The lowest BCUT2D eigenvalue weighted by atomic mass is 10.0. The molecule has 0 bridgehead atoms. The molecule has 2 atom stereocenters. The number of aromatic nitrogens is 1. The summed E-state index contributed by atoms with van der Waals surface area (Å²) in [6.45, 7) is 2.19. The Labute approximate surface area is 153 Å². The van der Waals surface area contributed by atoms with Crippen LogP contribution < -0.4 is 4.84 Å². The third-order valence-corrected chi connectivity index (χ3v) is 4.92. The lowest BCUT2D eigenvalue weighted by molar-refractivity contribution is -0.0858. The number of para-hydroxylation sites is 1. The van der Waals surface area contributed by atoms with E-state index >= 15 is 0 Å². The molecule has 1 saturated heterocycles. The average molecular weight is 346 g/mol. The molecular weight excluding hydrogens is 324 g/mol. The Morgan fingerprint density at radius 1 is 1.08 bits per heavy atom. The van der Waals surface area contributed by atoms with Gasteiger partial charge in [-0.05, 0) is 11.6 Å². The normalized spacial score (nSPS) is 20.8. The van der Waals surface area contributed by atoms with Gasteiger partial charge in [-0.15, -0.1) is 6.42 Å². The number of hydrogen-bond donors (Lipinski definition) is 0. The first-order valence-corrected chi connectivity index (χ1v) is 8.81. The van der Waals surface area contributed by atoms with Gasteiger partial charge in [0.05, 0.1) is 30.5 Å². The van der Waals surface area contributed by atoms with Crippen LogP contribution in [0, 0.1) is 12.3 Å². The van der Waals surface area contributed by atoms with Crippen molar-refractivity contribution < 1.29 is 9.57 Å². The largest absolute Gasteiger partial charge is 0.417 e. The van der Waals surface area contributed by atoms with Crippen molar-refractivity contribution in [1.29, 1.82) is 0 Å². The van der Waals surface area contributed by atoms with Gasteiger partial charge in [0.2, 0.25) is 0 Å². The van der Waals surface area contributed by atoms with E-state index in [4.69, 9.17) is 16.0 Å². The number of terminal acetylenes is 1. The summed E-state index contributed by atoms with van der Waals surface area (Å²) in [5.74, 6) is 2.78. The van der Waals surface area contributed by atoms with Gasteiger partial charge in [-0.2, -0.15) is 4.73 Å². The molecular formula is C22H22N2O2. The molecule has 1 aromatic heterocycles. The first kappa shape index (κ1) is 16.7. The molecule has 2 aromatic carbocycles. The maximum atomic E-state index is 6.52. The monoisotopic (exact) mass is 346 g/mol.